The first-order valence-corrected chi connectivity index (χ1v) is 4.65. The number of rotatable bonds is 1. The van der Waals surface area contributed by atoms with E-state index in [0.717, 1.165) is 32.2 Å². The van der Waals surface area contributed by atoms with Gasteiger partial charge in [-0.25, -0.2) is 5.84 Å². The SMILES string of the molecule is CCN=C(NN)N1CCOC(C)C1. The van der Waals surface area contributed by atoms with E-state index in [1.165, 1.54) is 0 Å². The van der Waals surface area contributed by atoms with Crippen LogP contribution >= 0.6 is 0 Å². The van der Waals surface area contributed by atoms with Crippen LogP contribution in [0.3, 0.4) is 0 Å². The molecule has 1 heterocycles. The van der Waals surface area contributed by atoms with E-state index in [2.05, 4.69) is 15.3 Å². The molecular formula is C8H18N4O. The van der Waals surface area contributed by atoms with E-state index in [9.17, 15) is 0 Å². The Labute approximate surface area is 78.9 Å². The number of hydrogen-bond acceptors (Lipinski definition) is 3. The number of guanidine groups is 1. The molecule has 0 aromatic rings. The van der Waals surface area contributed by atoms with Gasteiger partial charge < -0.3 is 9.64 Å². The normalized spacial score (nSPS) is 24.7. The molecule has 5 heteroatoms. The number of hydrazine groups is 1. The lowest BCUT2D eigenvalue weighted by molar-refractivity contribution is 0.00459. The minimum Gasteiger partial charge on any atom is -0.375 e. The molecule has 0 amide bonds. The molecule has 0 spiro atoms. The largest absolute Gasteiger partial charge is 0.375 e. The van der Waals surface area contributed by atoms with Gasteiger partial charge in [0.1, 0.15) is 0 Å². The zero-order chi connectivity index (χ0) is 9.68. The average molecular weight is 186 g/mol. The van der Waals surface area contributed by atoms with Crippen LogP contribution in [0.15, 0.2) is 4.99 Å². The van der Waals surface area contributed by atoms with Crippen molar-refractivity contribution in [1.82, 2.24) is 10.3 Å². The predicted molar refractivity (Wildman–Crippen MR) is 52.3 cm³/mol. The first-order chi connectivity index (χ1) is 6.27. The maximum atomic E-state index is 5.42. The van der Waals surface area contributed by atoms with Crippen LogP contribution < -0.4 is 11.3 Å². The summed E-state index contributed by atoms with van der Waals surface area (Å²) < 4.78 is 5.42. The highest BCUT2D eigenvalue weighted by Gasteiger charge is 2.18. The second-order valence-electron chi connectivity index (χ2n) is 3.07. The quantitative estimate of drug-likeness (QED) is 0.252. The number of morpholine rings is 1. The van der Waals surface area contributed by atoms with Gasteiger partial charge >= 0.3 is 0 Å². The molecule has 0 saturated carbocycles. The number of hydrogen-bond donors (Lipinski definition) is 2. The number of nitrogens with zero attached hydrogens (tertiary/aromatic N) is 2. The molecule has 0 bridgehead atoms. The number of nitrogens with one attached hydrogen (secondary N) is 1. The summed E-state index contributed by atoms with van der Waals surface area (Å²) in [5.74, 6) is 6.13. The van der Waals surface area contributed by atoms with Crippen molar-refractivity contribution >= 4 is 5.96 Å². The van der Waals surface area contributed by atoms with Crippen molar-refractivity contribution in [2.75, 3.05) is 26.2 Å². The fourth-order valence-electron chi connectivity index (χ4n) is 1.40. The van der Waals surface area contributed by atoms with E-state index in [1.807, 2.05) is 13.8 Å². The molecule has 1 aliphatic rings. The number of nitrogens with two attached hydrogens (primary N) is 1. The average Bonchev–Trinajstić information content (AvgIpc) is 2.14. The zero-order valence-corrected chi connectivity index (χ0v) is 8.29. The lowest BCUT2D eigenvalue weighted by Gasteiger charge is -2.32. The Balaban J connectivity index is 2.52. The molecule has 1 unspecified atom stereocenters. The fourth-order valence-corrected chi connectivity index (χ4v) is 1.40. The number of aliphatic imine (C=N–C) groups is 1. The van der Waals surface area contributed by atoms with Crippen LogP contribution in [-0.4, -0.2) is 43.2 Å². The van der Waals surface area contributed by atoms with Gasteiger partial charge in [0.2, 0.25) is 5.96 Å². The molecule has 76 valence electrons. The highest BCUT2D eigenvalue weighted by atomic mass is 16.5. The third-order valence-electron chi connectivity index (χ3n) is 1.98. The zero-order valence-electron chi connectivity index (χ0n) is 8.29. The molecule has 1 atom stereocenters. The topological polar surface area (TPSA) is 62.9 Å². The summed E-state index contributed by atoms with van der Waals surface area (Å²) in [6.45, 7) is 7.22. The highest BCUT2D eigenvalue weighted by molar-refractivity contribution is 5.79. The Morgan fingerprint density at radius 3 is 3.08 bits per heavy atom. The fraction of sp³-hybridized carbons (Fsp3) is 0.875. The van der Waals surface area contributed by atoms with Crippen molar-refractivity contribution in [1.29, 1.82) is 0 Å². The van der Waals surface area contributed by atoms with Crippen molar-refractivity contribution in [3.63, 3.8) is 0 Å². The molecule has 3 N–H and O–H groups in total. The highest BCUT2D eigenvalue weighted by Crippen LogP contribution is 2.03. The summed E-state index contributed by atoms with van der Waals surface area (Å²) in [6.07, 6.45) is 0.254. The van der Waals surface area contributed by atoms with Crippen molar-refractivity contribution < 1.29 is 4.74 Å². The van der Waals surface area contributed by atoms with E-state index in [1.54, 1.807) is 0 Å². The van der Waals surface area contributed by atoms with Gasteiger partial charge in [0.15, 0.2) is 0 Å². The summed E-state index contributed by atoms with van der Waals surface area (Å²) in [4.78, 5) is 6.36. The van der Waals surface area contributed by atoms with Gasteiger partial charge in [-0.3, -0.25) is 10.4 Å². The standard InChI is InChI=1S/C8H18N4O/c1-3-10-8(11-9)12-4-5-13-7(2)6-12/h7H,3-6,9H2,1-2H3,(H,10,11). The van der Waals surface area contributed by atoms with Gasteiger partial charge in [0.25, 0.3) is 0 Å². The molecule has 1 saturated heterocycles. The van der Waals surface area contributed by atoms with Gasteiger partial charge in [-0.15, -0.1) is 0 Å². The van der Waals surface area contributed by atoms with Crippen LogP contribution in [0.5, 0.6) is 0 Å². The molecule has 13 heavy (non-hydrogen) atoms. The minimum absolute atomic E-state index is 0.254. The molecule has 5 nitrogen and oxygen atoms in total. The van der Waals surface area contributed by atoms with Crippen LogP contribution in [0.1, 0.15) is 13.8 Å². The lowest BCUT2D eigenvalue weighted by atomic mass is 10.3. The molecule has 0 radical (unpaired) electrons. The smallest absolute Gasteiger partial charge is 0.208 e. The van der Waals surface area contributed by atoms with Crippen molar-refractivity contribution in [2.24, 2.45) is 10.8 Å². The third kappa shape index (κ3) is 2.86. The summed E-state index contributed by atoms with van der Waals surface area (Å²) in [5, 5.41) is 0. The van der Waals surface area contributed by atoms with Crippen molar-refractivity contribution in [3.05, 3.63) is 0 Å². The van der Waals surface area contributed by atoms with Crippen LogP contribution in [-0.2, 0) is 4.74 Å². The van der Waals surface area contributed by atoms with Crippen molar-refractivity contribution in [2.45, 2.75) is 20.0 Å². The first-order valence-electron chi connectivity index (χ1n) is 4.65. The summed E-state index contributed by atoms with van der Waals surface area (Å²) >= 11 is 0. The van der Waals surface area contributed by atoms with Gasteiger partial charge in [-0.1, -0.05) is 0 Å². The van der Waals surface area contributed by atoms with Crippen molar-refractivity contribution in [3.8, 4) is 0 Å². The summed E-state index contributed by atoms with van der Waals surface area (Å²) in [7, 11) is 0. The monoisotopic (exact) mass is 186 g/mol. The second-order valence-corrected chi connectivity index (χ2v) is 3.07. The van der Waals surface area contributed by atoms with Gasteiger partial charge in [0.05, 0.1) is 12.7 Å². The Kier molecular flexibility index (Phi) is 3.98. The minimum atomic E-state index is 0.254. The van der Waals surface area contributed by atoms with Gasteiger partial charge in [-0.2, -0.15) is 0 Å². The molecule has 0 aliphatic carbocycles. The van der Waals surface area contributed by atoms with E-state index < -0.39 is 0 Å². The third-order valence-corrected chi connectivity index (χ3v) is 1.98. The molecule has 0 aromatic heterocycles. The second kappa shape index (κ2) is 5.04. The van der Waals surface area contributed by atoms with E-state index >= 15 is 0 Å². The lowest BCUT2D eigenvalue weighted by Crippen LogP contribution is -2.51. The van der Waals surface area contributed by atoms with Gasteiger partial charge in [-0.05, 0) is 13.8 Å². The van der Waals surface area contributed by atoms with Gasteiger partial charge in [0, 0.05) is 19.6 Å². The van der Waals surface area contributed by atoms with Crippen LogP contribution in [0.2, 0.25) is 0 Å². The Bertz CT molecular complexity index is 183. The van der Waals surface area contributed by atoms with Crippen LogP contribution in [0.4, 0.5) is 0 Å². The first kappa shape index (κ1) is 10.3. The molecule has 1 fully saturated rings. The summed E-state index contributed by atoms with van der Waals surface area (Å²) in [5.41, 5.74) is 2.61. The Morgan fingerprint density at radius 2 is 2.54 bits per heavy atom. The molecular weight excluding hydrogens is 168 g/mol. The Morgan fingerprint density at radius 1 is 1.77 bits per heavy atom. The predicted octanol–water partition coefficient (Wildman–Crippen LogP) is -0.454. The van der Waals surface area contributed by atoms with Crippen LogP contribution in [0.25, 0.3) is 0 Å². The number of ether oxygens (including phenoxy) is 1. The summed E-state index contributed by atoms with van der Waals surface area (Å²) in [6, 6.07) is 0. The maximum Gasteiger partial charge on any atom is 0.208 e. The molecule has 1 rings (SSSR count). The van der Waals surface area contributed by atoms with Crippen LogP contribution in [0, 0.1) is 0 Å². The van der Waals surface area contributed by atoms with E-state index in [0.29, 0.717) is 0 Å². The van der Waals surface area contributed by atoms with E-state index in [-0.39, 0.29) is 6.10 Å². The maximum absolute atomic E-state index is 5.42. The van der Waals surface area contributed by atoms with E-state index in [4.69, 9.17) is 10.6 Å². The molecule has 1 aliphatic heterocycles. The Hall–Kier alpha value is -0.810. The molecule has 0 aromatic carbocycles.